The molecule has 2 aromatic rings. The molecular formula is C18H24N4O. The lowest BCUT2D eigenvalue weighted by atomic mass is 10.0. The van der Waals surface area contributed by atoms with Crippen LogP contribution in [0.25, 0.3) is 0 Å². The number of ether oxygens (including phenoxy) is 1. The second-order valence-electron chi connectivity index (χ2n) is 6.12. The maximum atomic E-state index is 5.10. The maximum Gasteiger partial charge on any atom is 0.212 e. The van der Waals surface area contributed by atoms with Crippen LogP contribution in [0, 0.1) is 6.92 Å². The van der Waals surface area contributed by atoms with Gasteiger partial charge in [-0.25, -0.2) is 9.97 Å². The van der Waals surface area contributed by atoms with Crippen molar-refractivity contribution in [3.05, 3.63) is 47.8 Å². The third-order valence-corrected chi connectivity index (χ3v) is 4.26. The van der Waals surface area contributed by atoms with Crippen molar-refractivity contribution in [2.24, 2.45) is 0 Å². The summed E-state index contributed by atoms with van der Waals surface area (Å²) in [5.74, 6) is 1.65. The van der Waals surface area contributed by atoms with Crippen LogP contribution in [0.1, 0.15) is 24.0 Å². The van der Waals surface area contributed by atoms with Crippen LogP contribution in [-0.4, -0.2) is 41.1 Å². The van der Waals surface area contributed by atoms with Crippen LogP contribution in [0.2, 0.25) is 0 Å². The molecule has 1 fully saturated rings. The maximum absolute atomic E-state index is 5.10. The number of rotatable bonds is 5. The number of hydrogen-bond donors (Lipinski definition) is 1. The minimum absolute atomic E-state index is 0.510. The van der Waals surface area contributed by atoms with Gasteiger partial charge in [-0.1, -0.05) is 12.1 Å². The Bertz CT molecular complexity index is 604. The first-order valence-electron chi connectivity index (χ1n) is 8.13. The molecule has 1 saturated heterocycles. The number of aryl methyl sites for hydroxylation is 1. The number of pyridine rings is 2. The van der Waals surface area contributed by atoms with Crippen LogP contribution < -0.4 is 10.1 Å². The lowest BCUT2D eigenvalue weighted by Crippen LogP contribution is -2.38. The smallest absolute Gasteiger partial charge is 0.212 e. The Morgan fingerprint density at radius 2 is 1.96 bits per heavy atom. The molecule has 0 bridgehead atoms. The van der Waals surface area contributed by atoms with Crippen LogP contribution in [0.15, 0.2) is 36.7 Å². The average molecular weight is 312 g/mol. The summed E-state index contributed by atoms with van der Waals surface area (Å²) in [6.07, 6.45) is 6.09. The summed E-state index contributed by atoms with van der Waals surface area (Å²) in [5, 5.41) is 3.54. The van der Waals surface area contributed by atoms with Gasteiger partial charge in [-0.05, 0) is 37.0 Å². The van der Waals surface area contributed by atoms with Gasteiger partial charge in [0, 0.05) is 44.1 Å². The minimum Gasteiger partial charge on any atom is -0.481 e. The van der Waals surface area contributed by atoms with Crippen molar-refractivity contribution >= 4 is 5.82 Å². The fourth-order valence-electron chi connectivity index (χ4n) is 2.88. The van der Waals surface area contributed by atoms with E-state index in [1.165, 1.54) is 11.1 Å². The molecule has 5 heteroatoms. The molecule has 122 valence electrons. The number of nitrogens with one attached hydrogen (secondary N) is 1. The second kappa shape index (κ2) is 7.42. The minimum atomic E-state index is 0.510. The highest BCUT2D eigenvalue weighted by molar-refractivity contribution is 5.36. The zero-order valence-corrected chi connectivity index (χ0v) is 13.8. The molecule has 2 aromatic heterocycles. The molecule has 0 aromatic carbocycles. The third-order valence-electron chi connectivity index (χ3n) is 4.26. The molecule has 1 N–H and O–H groups in total. The van der Waals surface area contributed by atoms with E-state index in [9.17, 15) is 0 Å². The SMILES string of the molecule is COc1ccc(CN2CCC(Nc3ccc(C)cn3)CC2)cn1. The quantitative estimate of drug-likeness (QED) is 0.920. The first-order chi connectivity index (χ1) is 11.2. The molecule has 0 aliphatic carbocycles. The van der Waals surface area contributed by atoms with Gasteiger partial charge in [0.1, 0.15) is 5.82 Å². The van der Waals surface area contributed by atoms with Crippen molar-refractivity contribution in [1.29, 1.82) is 0 Å². The number of methoxy groups -OCH3 is 1. The molecule has 1 aliphatic heterocycles. The number of likely N-dealkylation sites (tertiary alicyclic amines) is 1. The molecule has 0 saturated carbocycles. The highest BCUT2D eigenvalue weighted by Crippen LogP contribution is 2.17. The lowest BCUT2D eigenvalue weighted by molar-refractivity contribution is 0.211. The van der Waals surface area contributed by atoms with Gasteiger partial charge >= 0.3 is 0 Å². The van der Waals surface area contributed by atoms with Crippen molar-refractivity contribution in [1.82, 2.24) is 14.9 Å². The molecule has 0 spiro atoms. The molecule has 3 rings (SSSR count). The van der Waals surface area contributed by atoms with E-state index in [4.69, 9.17) is 4.74 Å². The highest BCUT2D eigenvalue weighted by Gasteiger charge is 2.19. The molecule has 23 heavy (non-hydrogen) atoms. The molecule has 5 nitrogen and oxygen atoms in total. The summed E-state index contributed by atoms with van der Waals surface area (Å²) >= 11 is 0. The van der Waals surface area contributed by atoms with Gasteiger partial charge in [-0.3, -0.25) is 4.90 Å². The van der Waals surface area contributed by atoms with Crippen molar-refractivity contribution in [3.8, 4) is 5.88 Å². The molecule has 3 heterocycles. The Morgan fingerprint density at radius 1 is 1.13 bits per heavy atom. The predicted molar refractivity (Wildman–Crippen MR) is 91.7 cm³/mol. The summed E-state index contributed by atoms with van der Waals surface area (Å²) in [6.45, 7) is 5.20. The van der Waals surface area contributed by atoms with Crippen molar-refractivity contribution in [2.45, 2.75) is 32.4 Å². The van der Waals surface area contributed by atoms with E-state index in [1.54, 1.807) is 7.11 Å². The largest absolute Gasteiger partial charge is 0.481 e. The molecule has 0 radical (unpaired) electrons. The Labute approximate surface area is 137 Å². The van der Waals surface area contributed by atoms with Crippen LogP contribution in [-0.2, 0) is 6.54 Å². The number of hydrogen-bond acceptors (Lipinski definition) is 5. The molecule has 0 atom stereocenters. The third kappa shape index (κ3) is 4.42. The summed E-state index contributed by atoms with van der Waals surface area (Å²) in [4.78, 5) is 11.2. The van der Waals surface area contributed by atoms with E-state index in [-0.39, 0.29) is 0 Å². The Morgan fingerprint density at radius 3 is 2.57 bits per heavy atom. The van der Waals surface area contributed by atoms with Gasteiger partial charge in [-0.15, -0.1) is 0 Å². The van der Waals surface area contributed by atoms with Crippen LogP contribution in [0.4, 0.5) is 5.82 Å². The van der Waals surface area contributed by atoms with Crippen LogP contribution >= 0.6 is 0 Å². The van der Waals surface area contributed by atoms with Crippen molar-refractivity contribution in [2.75, 3.05) is 25.5 Å². The van der Waals surface area contributed by atoms with Gasteiger partial charge in [0.25, 0.3) is 0 Å². The van der Waals surface area contributed by atoms with Gasteiger partial charge in [0.2, 0.25) is 5.88 Å². The van der Waals surface area contributed by atoms with Gasteiger partial charge in [0.05, 0.1) is 7.11 Å². The topological polar surface area (TPSA) is 50.3 Å². The summed E-state index contributed by atoms with van der Waals surface area (Å²) < 4.78 is 5.10. The number of nitrogens with zero attached hydrogens (tertiary/aromatic N) is 3. The van der Waals surface area contributed by atoms with Crippen molar-refractivity contribution < 1.29 is 4.74 Å². The van der Waals surface area contributed by atoms with E-state index in [1.807, 2.05) is 18.5 Å². The number of aromatic nitrogens is 2. The van der Waals surface area contributed by atoms with Gasteiger partial charge in [0.15, 0.2) is 0 Å². The molecule has 0 amide bonds. The standard InChI is InChI=1S/C18H24N4O/c1-14-3-5-17(19-11-14)21-16-7-9-22(10-8-16)13-15-4-6-18(23-2)20-12-15/h3-6,11-12,16H,7-10,13H2,1-2H3,(H,19,21). The van der Waals surface area contributed by atoms with E-state index >= 15 is 0 Å². The second-order valence-corrected chi connectivity index (χ2v) is 6.12. The Hall–Kier alpha value is -2.14. The van der Waals surface area contributed by atoms with E-state index in [0.29, 0.717) is 11.9 Å². The molecule has 0 unspecified atom stereocenters. The first-order valence-corrected chi connectivity index (χ1v) is 8.13. The normalized spacial score (nSPS) is 16.3. The van der Waals surface area contributed by atoms with Gasteiger partial charge in [-0.2, -0.15) is 0 Å². The number of piperidine rings is 1. The van der Waals surface area contributed by atoms with Gasteiger partial charge < -0.3 is 10.1 Å². The first kappa shape index (κ1) is 15.7. The van der Waals surface area contributed by atoms with E-state index < -0.39 is 0 Å². The summed E-state index contributed by atoms with van der Waals surface area (Å²) in [6, 6.07) is 8.68. The lowest BCUT2D eigenvalue weighted by Gasteiger charge is -2.32. The Kier molecular flexibility index (Phi) is 5.08. The fraction of sp³-hybridized carbons (Fsp3) is 0.444. The molecule has 1 aliphatic rings. The predicted octanol–water partition coefficient (Wildman–Crippen LogP) is 2.87. The van der Waals surface area contributed by atoms with Crippen LogP contribution in [0.5, 0.6) is 5.88 Å². The zero-order chi connectivity index (χ0) is 16.1. The average Bonchev–Trinajstić information content (AvgIpc) is 2.59. The number of anilines is 1. The van der Waals surface area contributed by atoms with Crippen LogP contribution in [0.3, 0.4) is 0 Å². The summed E-state index contributed by atoms with van der Waals surface area (Å²) in [7, 11) is 1.64. The highest BCUT2D eigenvalue weighted by atomic mass is 16.5. The van der Waals surface area contributed by atoms with E-state index in [2.05, 4.69) is 45.3 Å². The van der Waals surface area contributed by atoms with E-state index in [0.717, 1.165) is 38.3 Å². The zero-order valence-electron chi connectivity index (χ0n) is 13.8. The Balaban J connectivity index is 1.47. The molecular weight excluding hydrogens is 288 g/mol. The van der Waals surface area contributed by atoms with Crippen molar-refractivity contribution in [3.63, 3.8) is 0 Å². The fourth-order valence-corrected chi connectivity index (χ4v) is 2.88. The summed E-state index contributed by atoms with van der Waals surface area (Å²) in [5.41, 5.74) is 2.43. The monoisotopic (exact) mass is 312 g/mol.